The number of aromatic hydroxyl groups is 1. The molecule has 4 N–H and O–H groups in total. The molecule has 1 amide bonds. The highest BCUT2D eigenvalue weighted by Gasteiger charge is 2.18. The summed E-state index contributed by atoms with van der Waals surface area (Å²) in [6.07, 6.45) is -2.57. The Morgan fingerprint density at radius 2 is 1.95 bits per heavy atom. The highest BCUT2D eigenvalue weighted by atomic mass is 16.6. The smallest absolute Gasteiger partial charge is 0.412 e. The number of amides is 1. The molecule has 0 saturated carbocycles. The Bertz CT molecular complexity index is 535. The van der Waals surface area contributed by atoms with E-state index < -0.39 is 23.8 Å². The summed E-state index contributed by atoms with van der Waals surface area (Å²) in [5, 5.41) is 30.1. The summed E-state index contributed by atoms with van der Waals surface area (Å²) >= 11 is 0. The zero-order valence-electron chi connectivity index (χ0n) is 12.1. The van der Waals surface area contributed by atoms with Gasteiger partial charge in [0.25, 0.3) is 0 Å². The quantitative estimate of drug-likeness (QED) is 0.629. The van der Waals surface area contributed by atoms with Gasteiger partial charge in [-0.3, -0.25) is 5.32 Å². The Hall–Kier alpha value is -2.28. The van der Waals surface area contributed by atoms with Gasteiger partial charge in [-0.25, -0.2) is 9.59 Å². The molecule has 7 nitrogen and oxygen atoms in total. The van der Waals surface area contributed by atoms with E-state index >= 15 is 0 Å². The Balaban J connectivity index is 2.82. The summed E-state index contributed by atoms with van der Waals surface area (Å²) in [5.41, 5.74) is -0.114. The first kappa shape index (κ1) is 16.8. The number of carbonyl (C=O) groups excluding carboxylic acids is 1. The predicted molar refractivity (Wildman–Crippen MR) is 75.3 cm³/mol. The van der Waals surface area contributed by atoms with Gasteiger partial charge in [-0.05, 0) is 44.5 Å². The van der Waals surface area contributed by atoms with Crippen LogP contribution in [0.5, 0.6) is 5.75 Å². The molecule has 0 heterocycles. The molecule has 0 aliphatic carbocycles. The maximum absolute atomic E-state index is 11.6. The molecule has 1 atom stereocenters. The van der Waals surface area contributed by atoms with Crippen LogP contribution in [-0.4, -0.2) is 39.1 Å². The van der Waals surface area contributed by atoms with E-state index in [-0.39, 0.29) is 17.7 Å². The van der Waals surface area contributed by atoms with Gasteiger partial charge in [-0.15, -0.1) is 0 Å². The molecule has 21 heavy (non-hydrogen) atoms. The number of rotatable bonds is 4. The summed E-state index contributed by atoms with van der Waals surface area (Å²) in [7, 11) is 0. The number of aliphatic carboxylic acids is 1. The second-order valence-electron chi connectivity index (χ2n) is 5.53. The van der Waals surface area contributed by atoms with Crippen molar-refractivity contribution in [2.24, 2.45) is 0 Å². The molecule has 1 aromatic carbocycles. The normalized spacial score (nSPS) is 12.6. The van der Waals surface area contributed by atoms with Gasteiger partial charge in [0.2, 0.25) is 0 Å². The minimum Gasteiger partial charge on any atom is -0.508 e. The van der Waals surface area contributed by atoms with Crippen molar-refractivity contribution in [3.63, 3.8) is 0 Å². The first-order chi connectivity index (χ1) is 9.58. The van der Waals surface area contributed by atoms with Crippen LogP contribution in [0.15, 0.2) is 18.2 Å². The number of anilines is 1. The van der Waals surface area contributed by atoms with Gasteiger partial charge in [0.1, 0.15) is 11.4 Å². The minimum atomic E-state index is -1.63. The van der Waals surface area contributed by atoms with Crippen molar-refractivity contribution < 1.29 is 29.6 Å². The predicted octanol–water partition coefficient (Wildman–Crippen LogP) is 1.73. The molecule has 1 unspecified atom stereocenters. The zero-order valence-corrected chi connectivity index (χ0v) is 12.1. The molecule has 1 aromatic rings. The van der Waals surface area contributed by atoms with Crippen LogP contribution in [-0.2, 0) is 16.0 Å². The molecule has 0 radical (unpaired) electrons. The molecule has 7 heteroatoms. The molecular formula is C14H19NO6. The minimum absolute atomic E-state index is 0.162. The second kappa shape index (κ2) is 6.45. The number of phenolic OH excluding ortho intramolecular Hbond substituents is 1. The Morgan fingerprint density at radius 1 is 1.33 bits per heavy atom. The van der Waals surface area contributed by atoms with Crippen LogP contribution in [0, 0.1) is 0 Å². The first-order valence-electron chi connectivity index (χ1n) is 6.31. The van der Waals surface area contributed by atoms with E-state index in [0.29, 0.717) is 5.69 Å². The molecular weight excluding hydrogens is 278 g/mol. The number of ether oxygens (including phenoxy) is 1. The van der Waals surface area contributed by atoms with Crippen molar-refractivity contribution in [1.29, 1.82) is 0 Å². The number of aliphatic hydroxyl groups excluding tert-OH is 1. The van der Waals surface area contributed by atoms with Gasteiger partial charge < -0.3 is 20.1 Å². The van der Waals surface area contributed by atoms with Crippen LogP contribution >= 0.6 is 0 Å². The number of phenols is 1. The lowest BCUT2D eigenvalue weighted by molar-refractivity contribution is -0.146. The van der Waals surface area contributed by atoms with Gasteiger partial charge in [-0.2, -0.15) is 0 Å². The SMILES string of the molecule is CC(C)(C)OC(=O)Nc1ccc(O)c(CC(O)C(=O)O)c1. The van der Waals surface area contributed by atoms with Gasteiger partial charge >= 0.3 is 12.1 Å². The number of hydrogen-bond acceptors (Lipinski definition) is 5. The zero-order chi connectivity index (χ0) is 16.2. The molecule has 0 aromatic heterocycles. The van der Waals surface area contributed by atoms with Crippen LogP contribution in [0.2, 0.25) is 0 Å². The number of hydrogen-bond donors (Lipinski definition) is 4. The topological polar surface area (TPSA) is 116 Å². The van der Waals surface area contributed by atoms with E-state index in [4.69, 9.17) is 9.84 Å². The van der Waals surface area contributed by atoms with E-state index in [1.165, 1.54) is 18.2 Å². The fourth-order valence-electron chi connectivity index (χ4n) is 1.54. The average Bonchev–Trinajstić information content (AvgIpc) is 2.30. The number of carboxylic acid groups (broad SMARTS) is 1. The van der Waals surface area contributed by atoms with Crippen LogP contribution in [0.4, 0.5) is 10.5 Å². The lowest BCUT2D eigenvalue weighted by Crippen LogP contribution is -2.27. The van der Waals surface area contributed by atoms with Gasteiger partial charge in [-0.1, -0.05) is 0 Å². The summed E-state index contributed by atoms with van der Waals surface area (Å²) in [5.74, 6) is -1.55. The third-order valence-electron chi connectivity index (χ3n) is 2.42. The fourth-order valence-corrected chi connectivity index (χ4v) is 1.54. The Kier molecular flexibility index (Phi) is 5.15. The van der Waals surface area contributed by atoms with Gasteiger partial charge in [0, 0.05) is 12.1 Å². The number of benzene rings is 1. The maximum atomic E-state index is 11.6. The number of carbonyl (C=O) groups is 2. The monoisotopic (exact) mass is 297 g/mol. The van der Waals surface area contributed by atoms with E-state index in [2.05, 4.69) is 5.32 Å². The average molecular weight is 297 g/mol. The van der Waals surface area contributed by atoms with Crippen molar-refractivity contribution in [3.05, 3.63) is 23.8 Å². The van der Waals surface area contributed by atoms with Crippen molar-refractivity contribution in [3.8, 4) is 5.75 Å². The maximum Gasteiger partial charge on any atom is 0.412 e. The lowest BCUT2D eigenvalue weighted by Gasteiger charge is -2.20. The van der Waals surface area contributed by atoms with E-state index in [1.807, 2.05) is 0 Å². The third kappa shape index (κ3) is 5.70. The highest BCUT2D eigenvalue weighted by molar-refractivity contribution is 5.85. The molecule has 1 rings (SSSR count). The third-order valence-corrected chi connectivity index (χ3v) is 2.42. The van der Waals surface area contributed by atoms with Gasteiger partial charge in [0.05, 0.1) is 0 Å². The Labute approximate surface area is 122 Å². The highest BCUT2D eigenvalue weighted by Crippen LogP contribution is 2.23. The largest absolute Gasteiger partial charge is 0.508 e. The number of carboxylic acids is 1. The van der Waals surface area contributed by atoms with Crippen molar-refractivity contribution in [2.45, 2.75) is 38.9 Å². The lowest BCUT2D eigenvalue weighted by atomic mass is 10.1. The molecule has 0 fully saturated rings. The molecule has 0 aliphatic heterocycles. The fraction of sp³-hybridized carbons (Fsp3) is 0.429. The second-order valence-corrected chi connectivity index (χ2v) is 5.53. The molecule has 116 valence electrons. The number of aliphatic hydroxyl groups is 1. The number of nitrogens with one attached hydrogen (secondary N) is 1. The van der Waals surface area contributed by atoms with Crippen LogP contribution in [0.1, 0.15) is 26.3 Å². The van der Waals surface area contributed by atoms with Crippen LogP contribution in [0.25, 0.3) is 0 Å². The van der Waals surface area contributed by atoms with Crippen molar-refractivity contribution >= 4 is 17.7 Å². The van der Waals surface area contributed by atoms with E-state index in [1.54, 1.807) is 20.8 Å². The molecule has 0 saturated heterocycles. The molecule has 0 aliphatic rings. The van der Waals surface area contributed by atoms with Crippen molar-refractivity contribution in [1.82, 2.24) is 0 Å². The molecule has 0 spiro atoms. The summed E-state index contributed by atoms with van der Waals surface area (Å²) in [4.78, 5) is 22.2. The first-order valence-corrected chi connectivity index (χ1v) is 6.31. The standard InChI is InChI=1S/C14H19NO6/c1-14(2,3)21-13(20)15-9-4-5-10(16)8(6-9)7-11(17)12(18)19/h4-6,11,16-17H,7H2,1-3H3,(H,15,20)(H,18,19). The summed E-state index contributed by atoms with van der Waals surface area (Å²) in [6, 6.07) is 4.12. The van der Waals surface area contributed by atoms with Crippen LogP contribution in [0.3, 0.4) is 0 Å². The van der Waals surface area contributed by atoms with Crippen LogP contribution < -0.4 is 5.32 Å². The van der Waals surface area contributed by atoms with Crippen molar-refractivity contribution in [2.75, 3.05) is 5.32 Å². The summed E-state index contributed by atoms with van der Waals surface area (Å²) in [6.45, 7) is 5.16. The van der Waals surface area contributed by atoms with E-state index in [9.17, 15) is 19.8 Å². The Morgan fingerprint density at radius 3 is 2.48 bits per heavy atom. The van der Waals surface area contributed by atoms with E-state index in [0.717, 1.165) is 0 Å². The summed E-state index contributed by atoms with van der Waals surface area (Å²) < 4.78 is 5.08. The molecule has 0 bridgehead atoms. The van der Waals surface area contributed by atoms with Gasteiger partial charge in [0.15, 0.2) is 6.10 Å².